The molecule has 0 fully saturated rings. The highest BCUT2D eigenvalue weighted by molar-refractivity contribution is 5.53. The Kier molecular flexibility index (Phi) is 1.91. The number of aromatic nitrogens is 4. The van der Waals surface area contributed by atoms with Crippen molar-refractivity contribution in [1.82, 2.24) is 20.4 Å². The summed E-state index contributed by atoms with van der Waals surface area (Å²) >= 11 is 0. The molecule has 0 amide bonds. The summed E-state index contributed by atoms with van der Waals surface area (Å²) in [6.07, 6.45) is 1.22. The highest BCUT2D eigenvalue weighted by Crippen LogP contribution is 2.13. The van der Waals surface area contributed by atoms with Gasteiger partial charge in [-0.1, -0.05) is 12.1 Å². The molecule has 1 heterocycles. The van der Waals surface area contributed by atoms with E-state index >= 15 is 0 Å². The molecule has 5 heteroatoms. The summed E-state index contributed by atoms with van der Waals surface area (Å²) in [6, 6.07) is 5.97. The van der Waals surface area contributed by atoms with E-state index in [4.69, 9.17) is 0 Å². The van der Waals surface area contributed by atoms with E-state index in [1.54, 1.807) is 12.1 Å². The fraction of sp³-hybridized carbons (Fsp3) is 0. The maximum absolute atomic E-state index is 12.8. The van der Waals surface area contributed by atoms with Crippen LogP contribution in [0.15, 0.2) is 30.6 Å². The largest absolute Gasteiger partial charge is 0.207 e. The molecule has 0 spiro atoms. The first kappa shape index (κ1) is 7.72. The average molecular weight is 175 g/mol. The quantitative estimate of drug-likeness (QED) is 0.650. The van der Waals surface area contributed by atoms with Gasteiger partial charge in [-0.15, -0.1) is 20.4 Å². The van der Waals surface area contributed by atoms with Crippen LogP contribution >= 0.6 is 0 Å². The van der Waals surface area contributed by atoms with Gasteiger partial charge < -0.3 is 0 Å². The zero-order valence-corrected chi connectivity index (χ0v) is 6.55. The third-order valence-electron chi connectivity index (χ3n) is 1.49. The molecule has 2 aromatic rings. The van der Waals surface area contributed by atoms with E-state index in [9.17, 15) is 4.39 Å². The predicted octanol–water partition coefficient (Wildman–Crippen LogP) is 1.07. The SMILES string of the molecule is [18F]c1cccc(-c2nncnn2)c1. The Morgan fingerprint density at radius 3 is 2.54 bits per heavy atom. The van der Waals surface area contributed by atoms with Gasteiger partial charge in [0.25, 0.3) is 0 Å². The van der Waals surface area contributed by atoms with Crippen LogP contribution in [0.4, 0.5) is 4.39 Å². The maximum atomic E-state index is 12.8. The van der Waals surface area contributed by atoms with Crippen LogP contribution in [0.3, 0.4) is 0 Å². The monoisotopic (exact) mass is 175 g/mol. The van der Waals surface area contributed by atoms with Gasteiger partial charge in [0.05, 0.1) is 0 Å². The molecule has 2 rings (SSSR count). The summed E-state index contributed by atoms with van der Waals surface area (Å²) in [5, 5.41) is 14.5. The van der Waals surface area contributed by atoms with Gasteiger partial charge in [-0.2, -0.15) is 0 Å². The number of benzene rings is 1. The van der Waals surface area contributed by atoms with Crippen molar-refractivity contribution in [1.29, 1.82) is 0 Å². The van der Waals surface area contributed by atoms with Crippen LogP contribution in [0.25, 0.3) is 11.4 Å². The molecule has 0 bridgehead atoms. The smallest absolute Gasteiger partial charge is 0.203 e. The Labute approximate surface area is 73.5 Å². The fourth-order valence-electron chi connectivity index (χ4n) is 0.947. The molecule has 0 aliphatic carbocycles. The highest BCUT2D eigenvalue weighted by atomic mass is 18.2. The van der Waals surface area contributed by atoms with Crippen LogP contribution in [-0.2, 0) is 0 Å². The van der Waals surface area contributed by atoms with E-state index in [0.29, 0.717) is 11.4 Å². The first-order valence-electron chi connectivity index (χ1n) is 3.62. The van der Waals surface area contributed by atoms with Gasteiger partial charge in [-0.3, -0.25) is 0 Å². The van der Waals surface area contributed by atoms with Crippen molar-refractivity contribution in [3.63, 3.8) is 0 Å². The molecule has 1 aromatic heterocycles. The molecule has 13 heavy (non-hydrogen) atoms. The van der Waals surface area contributed by atoms with Gasteiger partial charge >= 0.3 is 0 Å². The van der Waals surface area contributed by atoms with Gasteiger partial charge in [0, 0.05) is 5.56 Å². The number of halogens is 1. The van der Waals surface area contributed by atoms with Crippen molar-refractivity contribution in [2.24, 2.45) is 0 Å². The van der Waals surface area contributed by atoms with Gasteiger partial charge in [0.15, 0.2) is 6.33 Å². The molecule has 0 radical (unpaired) electrons. The minimum atomic E-state index is -0.329. The van der Waals surface area contributed by atoms with Gasteiger partial charge in [-0.05, 0) is 12.1 Å². The van der Waals surface area contributed by atoms with E-state index in [-0.39, 0.29) is 5.82 Å². The van der Waals surface area contributed by atoms with E-state index < -0.39 is 0 Å². The third-order valence-corrected chi connectivity index (χ3v) is 1.49. The van der Waals surface area contributed by atoms with E-state index in [1.807, 2.05) is 0 Å². The summed E-state index contributed by atoms with van der Waals surface area (Å²) in [4.78, 5) is 0. The summed E-state index contributed by atoms with van der Waals surface area (Å²) in [7, 11) is 0. The highest BCUT2D eigenvalue weighted by Gasteiger charge is 2.01. The Morgan fingerprint density at radius 1 is 1.08 bits per heavy atom. The summed E-state index contributed by atoms with van der Waals surface area (Å²) in [5.41, 5.74) is 0.570. The van der Waals surface area contributed by atoms with Crippen LogP contribution < -0.4 is 0 Å². The van der Waals surface area contributed by atoms with E-state index in [2.05, 4.69) is 20.4 Å². The van der Waals surface area contributed by atoms with Crippen molar-refractivity contribution in [2.45, 2.75) is 0 Å². The lowest BCUT2D eigenvalue weighted by atomic mass is 10.2. The molecule has 0 atom stereocenters. The third kappa shape index (κ3) is 1.64. The average Bonchev–Trinajstić information content (AvgIpc) is 2.19. The summed E-state index contributed by atoms with van der Waals surface area (Å²) in [5.74, 6) is -0.00745. The molecule has 0 saturated heterocycles. The molecule has 64 valence electrons. The van der Waals surface area contributed by atoms with Crippen molar-refractivity contribution < 1.29 is 4.39 Å². The van der Waals surface area contributed by atoms with Crippen molar-refractivity contribution >= 4 is 0 Å². The second-order valence-electron chi connectivity index (χ2n) is 2.38. The summed E-state index contributed by atoms with van der Waals surface area (Å²) in [6.45, 7) is 0. The zero-order chi connectivity index (χ0) is 9.10. The molecular formula is C8H5FN4. The van der Waals surface area contributed by atoms with Crippen LogP contribution in [0.5, 0.6) is 0 Å². The number of hydrogen-bond donors (Lipinski definition) is 0. The number of hydrogen-bond acceptors (Lipinski definition) is 4. The molecule has 0 saturated carbocycles. The molecule has 0 aliphatic heterocycles. The van der Waals surface area contributed by atoms with Gasteiger partial charge in [0.1, 0.15) is 5.82 Å². The fourth-order valence-corrected chi connectivity index (χ4v) is 0.947. The van der Waals surface area contributed by atoms with Gasteiger partial charge in [-0.25, -0.2) is 4.39 Å². The lowest BCUT2D eigenvalue weighted by Crippen LogP contribution is -1.93. The van der Waals surface area contributed by atoms with Crippen LogP contribution in [-0.4, -0.2) is 20.4 Å². The van der Waals surface area contributed by atoms with Crippen LogP contribution in [0.2, 0.25) is 0 Å². The molecular weight excluding hydrogens is 170 g/mol. The number of rotatable bonds is 1. The van der Waals surface area contributed by atoms with E-state index in [0.717, 1.165) is 0 Å². The minimum absolute atomic E-state index is 0.321. The van der Waals surface area contributed by atoms with E-state index in [1.165, 1.54) is 18.5 Å². The normalized spacial score (nSPS) is 9.92. The standard InChI is InChI=1S/C8H5FN4/c9-7-3-1-2-6(4-7)8-12-10-5-11-13-8/h1-5H/i9-1. The maximum Gasteiger partial charge on any atom is 0.203 e. The topological polar surface area (TPSA) is 51.6 Å². The minimum Gasteiger partial charge on any atom is -0.207 e. The van der Waals surface area contributed by atoms with Crippen molar-refractivity contribution in [2.75, 3.05) is 0 Å². The van der Waals surface area contributed by atoms with Crippen molar-refractivity contribution in [3.8, 4) is 11.4 Å². The first-order chi connectivity index (χ1) is 6.36. The second kappa shape index (κ2) is 3.22. The number of nitrogens with zero attached hydrogens (tertiary/aromatic N) is 4. The van der Waals surface area contributed by atoms with Crippen LogP contribution in [0, 0.1) is 5.82 Å². The van der Waals surface area contributed by atoms with Gasteiger partial charge in [0.2, 0.25) is 5.82 Å². The Bertz CT molecular complexity index is 404. The Morgan fingerprint density at radius 2 is 1.85 bits per heavy atom. The predicted molar refractivity (Wildman–Crippen MR) is 43.0 cm³/mol. The van der Waals surface area contributed by atoms with Crippen LogP contribution in [0.1, 0.15) is 0 Å². The Hall–Kier alpha value is -1.91. The molecule has 0 N–H and O–H groups in total. The molecule has 0 unspecified atom stereocenters. The second-order valence-corrected chi connectivity index (χ2v) is 2.38. The lowest BCUT2D eigenvalue weighted by Gasteiger charge is -1.95. The molecule has 4 nitrogen and oxygen atoms in total. The Balaban J connectivity index is 2.48. The zero-order valence-electron chi connectivity index (χ0n) is 6.55. The summed E-state index contributed by atoms with van der Waals surface area (Å²) < 4.78 is 12.8. The molecule has 1 aromatic carbocycles. The lowest BCUT2D eigenvalue weighted by molar-refractivity contribution is 0.628. The van der Waals surface area contributed by atoms with Crippen molar-refractivity contribution in [3.05, 3.63) is 36.4 Å². The first-order valence-corrected chi connectivity index (χ1v) is 3.62. The molecule has 0 aliphatic rings.